The third-order valence-electron chi connectivity index (χ3n) is 6.13. The van der Waals surface area contributed by atoms with E-state index in [1.807, 2.05) is 0 Å². The van der Waals surface area contributed by atoms with Crippen LogP contribution in [0.15, 0.2) is 60.9 Å². The highest BCUT2D eigenvalue weighted by Gasteiger charge is 2.30. The minimum absolute atomic E-state index is 0.0107. The van der Waals surface area contributed by atoms with Crippen LogP contribution in [-0.2, 0) is 11.0 Å². The molecule has 6 nitrogen and oxygen atoms in total. The summed E-state index contributed by atoms with van der Waals surface area (Å²) in [4.78, 5) is 27.1. The van der Waals surface area contributed by atoms with E-state index in [1.165, 1.54) is 30.5 Å². The molecule has 3 aromatic rings. The van der Waals surface area contributed by atoms with Crippen molar-refractivity contribution in [2.24, 2.45) is 0 Å². The predicted molar refractivity (Wildman–Crippen MR) is 138 cm³/mol. The number of carboxylic acid groups (broad SMARTS) is 1. The highest BCUT2D eigenvalue weighted by atomic mass is 19.4. The van der Waals surface area contributed by atoms with E-state index in [2.05, 4.69) is 17.2 Å². The van der Waals surface area contributed by atoms with Gasteiger partial charge < -0.3 is 15.2 Å². The van der Waals surface area contributed by atoms with Crippen LogP contribution in [0.4, 0.5) is 17.6 Å². The molecule has 0 saturated heterocycles. The van der Waals surface area contributed by atoms with Crippen molar-refractivity contribution >= 4 is 11.9 Å². The fourth-order valence-electron chi connectivity index (χ4n) is 4.08. The number of aliphatic carboxylic acids is 1. The predicted octanol–water partition coefficient (Wildman–Crippen LogP) is 7.20. The van der Waals surface area contributed by atoms with E-state index in [0.29, 0.717) is 23.1 Å². The van der Waals surface area contributed by atoms with Gasteiger partial charge in [-0.05, 0) is 60.4 Å². The van der Waals surface area contributed by atoms with Gasteiger partial charge in [0.1, 0.15) is 6.10 Å². The third kappa shape index (κ3) is 8.53. The molecule has 10 heteroatoms. The third-order valence-corrected chi connectivity index (χ3v) is 6.13. The first-order valence-corrected chi connectivity index (χ1v) is 12.7. The van der Waals surface area contributed by atoms with Crippen LogP contribution < -0.4 is 10.1 Å². The zero-order chi connectivity index (χ0) is 28.4. The summed E-state index contributed by atoms with van der Waals surface area (Å²) < 4.78 is 60.3. The van der Waals surface area contributed by atoms with Crippen LogP contribution in [0.5, 0.6) is 5.75 Å². The van der Waals surface area contributed by atoms with Gasteiger partial charge in [0.2, 0.25) is 0 Å². The fourth-order valence-corrected chi connectivity index (χ4v) is 4.08. The summed E-state index contributed by atoms with van der Waals surface area (Å²) in [6.45, 7) is 1.98. The SMILES string of the molecule is CCCCCCC(Oc1ccc(C(=O)NCCC(=O)O)cc1F)c1cnccc1-c1ccc(C(F)(F)F)cc1. The molecule has 1 unspecified atom stereocenters. The lowest BCUT2D eigenvalue weighted by atomic mass is 9.94. The Morgan fingerprint density at radius 1 is 1.05 bits per heavy atom. The Hall–Kier alpha value is -3.95. The first-order valence-electron chi connectivity index (χ1n) is 12.7. The van der Waals surface area contributed by atoms with Crippen molar-refractivity contribution in [2.75, 3.05) is 6.54 Å². The highest BCUT2D eigenvalue weighted by Crippen LogP contribution is 2.36. The molecule has 0 aliphatic carbocycles. The number of carbonyl (C=O) groups is 2. The molecule has 0 aliphatic rings. The van der Waals surface area contributed by atoms with Gasteiger partial charge >= 0.3 is 12.1 Å². The van der Waals surface area contributed by atoms with Crippen LogP contribution in [0.2, 0.25) is 0 Å². The fraction of sp³-hybridized carbons (Fsp3) is 0.345. The second kappa shape index (κ2) is 13.7. The topological polar surface area (TPSA) is 88.5 Å². The molecule has 0 radical (unpaired) electrons. The number of halogens is 4. The van der Waals surface area contributed by atoms with Crippen molar-refractivity contribution in [1.82, 2.24) is 10.3 Å². The number of pyridine rings is 1. The van der Waals surface area contributed by atoms with Gasteiger partial charge in [-0.15, -0.1) is 0 Å². The standard InChI is InChI=1S/C29H30F4N2O4/c1-2-3-4-5-6-25(39-26-12-9-20(17-24(26)30)28(38)35-16-14-27(36)37)23-18-34-15-13-22(23)19-7-10-21(11-8-19)29(31,32)33/h7-13,15,17-18,25H,2-6,14,16H2,1H3,(H,35,38)(H,36,37). The number of ether oxygens (including phenoxy) is 1. The van der Waals surface area contributed by atoms with E-state index in [-0.39, 0.29) is 24.3 Å². The van der Waals surface area contributed by atoms with Crippen molar-refractivity contribution in [3.8, 4) is 16.9 Å². The summed E-state index contributed by atoms with van der Waals surface area (Å²) in [5.41, 5.74) is 1.01. The number of nitrogens with zero attached hydrogens (tertiary/aromatic N) is 1. The van der Waals surface area contributed by atoms with Crippen molar-refractivity contribution in [1.29, 1.82) is 0 Å². The number of hydrogen-bond acceptors (Lipinski definition) is 4. The van der Waals surface area contributed by atoms with Crippen molar-refractivity contribution in [2.45, 2.75) is 57.7 Å². The summed E-state index contributed by atoms with van der Waals surface area (Å²) in [5.74, 6) is -2.56. The quantitative estimate of drug-likeness (QED) is 0.175. The maximum absolute atomic E-state index is 15.0. The van der Waals surface area contributed by atoms with E-state index in [9.17, 15) is 22.8 Å². The van der Waals surface area contributed by atoms with E-state index >= 15 is 4.39 Å². The van der Waals surface area contributed by atoms with Crippen LogP contribution in [0, 0.1) is 5.82 Å². The lowest BCUT2D eigenvalue weighted by molar-refractivity contribution is -0.138. The minimum atomic E-state index is -4.46. The summed E-state index contributed by atoms with van der Waals surface area (Å²) in [5, 5.41) is 11.1. The second-order valence-corrected chi connectivity index (χ2v) is 9.04. The smallest absolute Gasteiger partial charge is 0.416 e. The lowest BCUT2D eigenvalue weighted by Crippen LogP contribution is -2.26. The molecule has 0 saturated carbocycles. The molecular weight excluding hydrogens is 516 g/mol. The molecule has 1 aromatic heterocycles. The number of aromatic nitrogens is 1. The van der Waals surface area contributed by atoms with Crippen LogP contribution in [-0.4, -0.2) is 28.5 Å². The van der Waals surface area contributed by atoms with E-state index in [0.717, 1.165) is 43.9 Å². The molecule has 1 heterocycles. The molecule has 0 bridgehead atoms. The number of carbonyl (C=O) groups excluding carboxylic acids is 1. The molecule has 39 heavy (non-hydrogen) atoms. The zero-order valence-electron chi connectivity index (χ0n) is 21.4. The molecule has 1 amide bonds. The summed E-state index contributed by atoms with van der Waals surface area (Å²) >= 11 is 0. The number of nitrogens with one attached hydrogen (secondary N) is 1. The summed E-state index contributed by atoms with van der Waals surface area (Å²) in [6, 6.07) is 10.2. The molecule has 2 aromatic carbocycles. The Balaban J connectivity index is 1.88. The summed E-state index contributed by atoms with van der Waals surface area (Å²) in [6.07, 6.45) is 1.95. The Morgan fingerprint density at radius 2 is 1.79 bits per heavy atom. The number of benzene rings is 2. The van der Waals surface area contributed by atoms with Gasteiger partial charge in [0.15, 0.2) is 11.6 Å². The number of hydrogen-bond donors (Lipinski definition) is 2. The van der Waals surface area contributed by atoms with Gasteiger partial charge in [0.05, 0.1) is 12.0 Å². The monoisotopic (exact) mass is 546 g/mol. The van der Waals surface area contributed by atoms with Crippen molar-refractivity contribution in [3.05, 3.63) is 83.4 Å². The first kappa shape index (κ1) is 29.6. The van der Waals surface area contributed by atoms with Gasteiger partial charge in [0, 0.05) is 30.1 Å². The maximum Gasteiger partial charge on any atom is 0.416 e. The number of amides is 1. The molecule has 1 atom stereocenters. The number of rotatable bonds is 13. The Labute approximate surface area is 224 Å². The average Bonchev–Trinajstić information content (AvgIpc) is 2.90. The molecule has 3 rings (SSSR count). The molecule has 0 spiro atoms. The van der Waals surface area contributed by atoms with Gasteiger partial charge in [-0.3, -0.25) is 14.6 Å². The van der Waals surface area contributed by atoms with Gasteiger partial charge in [-0.1, -0.05) is 38.3 Å². The van der Waals surface area contributed by atoms with E-state index in [4.69, 9.17) is 9.84 Å². The van der Waals surface area contributed by atoms with Crippen molar-refractivity contribution in [3.63, 3.8) is 0 Å². The Kier molecular flexibility index (Phi) is 10.4. The molecule has 0 aliphatic heterocycles. The largest absolute Gasteiger partial charge is 0.483 e. The van der Waals surface area contributed by atoms with E-state index < -0.39 is 35.5 Å². The van der Waals surface area contributed by atoms with Crippen LogP contribution in [0.3, 0.4) is 0 Å². The molecule has 2 N–H and O–H groups in total. The molecular formula is C29H30F4N2O4. The second-order valence-electron chi connectivity index (χ2n) is 9.04. The van der Waals surface area contributed by atoms with Crippen molar-refractivity contribution < 1.29 is 37.0 Å². The number of alkyl halides is 3. The Bertz CT molecular complexity index is 1260. The highest BCUT2D eigenvalue weighted by molar-refractivity contribution is 5.94. The van der Waals surface area contributed by atoms with Gasteiger partial charge in [0.25, 0.3) is 5.91 Å². The van der Waals surface area contributed by atoms with Gasteiger partial charge in [-0.25, -0.2) is 4.39 Å². The van der Waals surface area contributed by atoms with Crippen LogP contribution >= 0.6 is 0 Å². The Morgan fingerprint density at radius 3 is 2.44 bits per heavy atom. The van der Waals surface area contributed by atoms with Crippen LogP contribution in [0.25, 0.3) is 11.1 Å². The lowest BCUT2D eigenvalue weighted by Gasteiger charge is -2.23. The maximum atomic E-state index is 15.0. The molecule has 0 fully saturated rings. The number of carboxylic acids is 1. The van der Waals surface area contributed by atoms with E-state index in [1.54, 1.807) is 12.3 Å². The summed E-state index contributed by atoms with van der Waals surface area (Å²) in [7, 11) is 0. The number of unbranched alkanes of at least 4 members (excludes halogenated alkanes) is 3. The zero-order valence-corrected chi connectivity index (χ0v) is 21.4. The minimum Gasteiger partial charge on any atom is -0.483 e. The molecule has 208 valence electrons. The van der Waals surface area contributed by atoms with Gasteiger partial charge in [-0.2, -0.15) is 13.2 Å². The van der Waals surface area contributed by atoms with Crippen LogP contribution in [0.1, 0.15) is 73.0 Å². The first-order chi connectivity index (χ1) is 18.6. The normalized spacial score (nSPS) is 12.1. The average molecular weight is 547 g/mol.